The van der Waals surface area contributed by atoms with E-state index in [0.29, 0.717) is 22.1 Å². The van der Waals surface area contributed by atoms with Gasteiger partial charge in [0, 0.05) is 18.1 Å². The number of aromatic nitrogens is 1. The van der Waals surface area contributed by atoms with Gasteiger partial charge >= 0.3 is 0 Å². The van der Waals surface area contributed by atoms with E-state index in [1.54, 1.807) is 6.20 Å². The molecule has 4 aromatic carbocycles. The summed E-state index contributed by atoms with van der Waals surface area (Å²) in [5, 5.41) is 6.97. The van der Waals surface area contributed by atoms with Crippen molar-refractivity contribution >= 4 is 28.0 Å². The van der Waals surface area contributed by atoms with E-state index in [4.69, 9.17) is 4.74 Å². The van der Waals surface area contributed by atoms with Crippen LogP contribution >= 0.6 is 11.3 Å². The Balaban J connectivity index is 1.61. The minimum atomic E-state index is -0.940. The quantitative estimate of drug-likeness (QED) is 0.209. The molecule has 0 aliphatic rings. The van der Waals surface area contributed by atoms with Gasteiger partial charge in [-0.05, 0) is 82.3 Å². The largest absolute Gasteiger partial charge is 0.431 e. The predicted molar refractivity (Wildman–Crippen MR) is 148 cm³/mol. The number of hydrogen-bond acceptors (Lipinski definition) is 4. The summed E-state index contributed by atoms with van der Waals surface area (Å²) in [7, 11) is 0. The Morgan fingerprint density at radius 3 is 2.58 bits per heavy atom. The molecule has 1 heterocycles. The van der Waals surface area contributed by atoms with Crippen LogP contribution in [0, 0.1) is 11.6 Å². The second-order valence-corrected chi connectivity index (χ2v) is 9.82. The molecule has 192 valence electrons. The fourth-order valence-electron chi connectivity index (χ4n) is 4.52. The minimum absolute atomic E-state index is 0.0750. The fraction of sp³-hybridized carbons (Fsp3) is 0.161. The lowest BCUT2D eigenvalue weighted by Crippen LogP contribution is -2.25. The zero-order valence-electron chi connectivity index (χ0n) is 20.8. The van der Waals surface area contributed by atoms with Crippen LogP contribution in [0.15, 0.2) is 84.4 Å². The first kappa shape index (κ1) is 25.5. The van der Waals surface area contributed by atoms with Crippen LogP contribution in [0.4, 0.5) is 8.78 Å². The second kappa shape index (κ2) is 11.5. The molecule has 0 spiro atoms. The summed E-state index contributed by atoms with van der Waals surface area (Å²) >= 11 is 1.40. The molecule has 0 aliphatic carbocycles. The number of carbonyl (C=O) groups excluding carboxylic acids is 1. The van der Waals surface area contributed by atoms with Gasteiger partial charge in [-0.1, -0.05) is 61.1 Å². The van der Waals surface area contributed by atoms with Gasteiger partial charge in [0.25, 0.3) is 11.1 Å². The number of rotatable bonds is 9. The molecule has 1 aromatic heterocycles. The van der Waals surface area contributed by atoms with Gasteiger partial charge in [0.05, 0.1) is 5.56 Å². The number of benzene rings is 4. The number of nitrogens with one attached hydrogen (secondary N) is 1. The van der Waals surface area contributed by atoms with Crippen molar-refractivity contribution in [1.82, 2.24) is 10.3 Å². The van der Waals surface area contributed by atoms with Crippen LogP contribution < -0.4 is 10.1 Å². The van der Waals surface area contributed by atoms with E-state index >= 15 is 0 Å². The van der Waals surface area contributed by atoms with Gasteiger partial charge in [-0.15, -0.1) is 0 Å². The summed E-state index contributed by atoms with van der Waals surface area (Å²) in [6, 6.07) is 21.4. The zero-order chi connectivity index (χ0) is 26.5. The second-order valence-electron chi connectivity index (χ2n) is 8.96. The molecule has 0 saturated carbocycles. The van der Waals surface area contributed by atoms with Crippen molar-refractivity contribution < 1.29 is 18.3 Å². The molecule has 5 aromatic rings. The van der Waals surface area contributed by atoms with E-state index in [2.05, 4.69) is 23.3 Å². The number of ether oxygens (including phenoxy) is 1. The fourth-order valence-corrected chi connectivity index (χ4v) is 5.03. The van der Waals surface area contributed by atoms with Crippen LogP contribution in [0.1, 0.15) is 41.3 Å². The third-order valence-corrected chi connectivity index (χ3v) is 7.01. The predicted octanol–water partition coefficient (Wildman–Crippen LogP) is 8.31. The minimum Gasteiger partial charge on any atom is -0.431 e. The molecule has 5 rings (SSSR count). The number of thiazole rings is 1. The number of carbonyl (C=O) groups is 1. The number of fused-ring (bicyclic) bond motifs is 1. The third kappa shape index (κ3) is 5.58. The van der Waals surface area contributed by atoms with Gasteiger partial charge in [0.15, 0.2) is 11.6 Å². The van der Waals surface area contributed by atoms with Gasteiger partial charge in [-0.25, -0.2) is 13.8 Å². The maximum Gasteiger partial charge on any atom is 0.278 e. The average molecular weight is 529 g/mol. The van der Waals surface area contributed by atoms with Crippen LogP contribution in [-0.2, 0) is 13.0 Å². The summed E-state index contributed by atoms with van der Waals surface area (Å²) in [4.78, 5) is 18.0. The molecule has 0 saturated heterocycles. The Kier molecular flexibility index (Phi) is 7.75. The first-order valence-corrected chi connectivity index (χ1v) is 13.4. The van der Waals surface area contributed by atoms with Crippen LogP contribution in [-0.4, -0.2) is 10.9 Å². The molecule has 38 heavy (non-hydrogen) atoms. The monoisotopic (exact) mass is 528 g/mol. The number of nitrogens with zero attached hydrogens (tertiary/aromatic N) is 1. The van der Waals surface area contributed by atoms with E-state index in [-0.39, 0.29) is 12.5 Å². The zero-order valence-corrected chi connectivity index (χ0v) is 21.7. The van der Waals surface area contributed by atoms with Crippen molar-refractivity contribution in [2.45, 2.75) is 32.7 Å². The molecule has 0 bridgehead atoms. The van der Waals surface area contributed by atoms with Gasteiger partial charge < -0.3 is 10.1 Å². The number of amides is 1. The van der Waals surface area contributed by atoms with Crippen molar-refractivity contribution in [3.8, 4) is 22.1 Å². The highest BCUT2D eigenvalue weighted by Crippen LogP contribution is 2.36. The normalized spacial score (nSPS) is 11.0. The van der Waals surface area contributed by atoms with Crippen molar-refractivity contribution in [2.75, 3.05) is 0 Å². The van der Waals surface area contributed by atoms with Crippen molar-refractivity contribution in [1.29, 1.82) is 0 Å². The number of halogens is 2. The Labute approximate surface area is 223 Å². The topological polar surface area (TPSA) is 51.2 Å². The van der Waals surface area contributed by atoms with Gasteiger partial charge in [-0.3, -0.25) is 4.79 Å². The summed E-state index contributed by atoms with van der Waals surface area (Å²) in [5.74, 6) is -1.50. The first-order chi connectivity index (χ1) is 18.5. The van der Waals surface area contributed by atoms with Gasteiger partial charge in [0.1, 0.15) is 5.75 Å². The van der Waals surface area contributed by atoms with Crippen molar-refractivity contribution in [2.24, 2.45) is 0 Å². The highest BCUT2D eigenvalue weighted by Gasteiger charge is 2.21. The standard InChI is InChI=1S/C31H26F2N2O2S/c1-2-3-9-25-26(21-7-5-4-6-8-21)18-22-17-23(37-31-34-14-15-38-31)11-12-24(22)29(25)30(36)35-19-20-10-13-27(32)28(33)16-20/h4-8,10-18H,2-3,9,19H2,1H3,(H,35,36). The lowest BCUT2D eigenvalue weighted by atomic mass is 9.87. The SMILES string of the molecule is CCCCc1c(-c2ccccc2)cc2cc(Oc3nccs3)ccc2c1C(=O)NCc1ccc(F)c(F)c1. The molecule has 0 radical (unpaired) electrons. The summed E-state index contributed by atoms with van der Waals surface area (Å²) in [5.41, 5.74) is 4.02. The van der Waals surface area contributed by atoms with Crippen LogP contribution in [0.5, 0.6) is 10.9 Å². The van der Waals surface area contributed by atoms with Crippen molar-refractivity contribution in [3.05, 3.63) is 113 Å². The van der Waals surface area contributed by atoms with Crippen molar-refractivity contribution in [3.63, 3.8) is 0 Å². The number of unbranched alkanes of at least 4 members (excludes halogenated alkanes) is 1. The average Bonchev–Trinajstić information content (AvgIpc) is 3.45. The highest BCUT2D eigenvalue weighted by molar-refractivity contribution is 7.11. The molecule has 0 atom stereocenters. The Hall–Kier alpha value is -4.10. The molecule has 7 heteroatoms. The van der Waals surface area contributed by atoms with E-state index in [1.165, 1.54) is 17.4 Å². The molecule has 1 amide bonds. The van der Waals surface area contributed by atoms with Crippen LogP contribution in [0.3, 0.4) is 0 Å². The molecule has 0 unspecified atom stereocenters. The lowest BCUT2D eigenvalue weighted by molar-refractivity contribution is 0.0951. The van der Waals surface area contributed by atoms with Crippen LogP contribution in [0.2, 0.25) is 0 Å². The highest BCUT2D eigenvalue weighted by atomic mass is 32.1. The molecule has 4 nitrogen and oxygen atoms in total. The summed E-state index contributed by atoms with van der Waals surface area (Å²) < 4.78 is 33.1. The molecular formula is C31H26F2N2O2S. The van der Waals surface area contributed by atoms with Gasteiger partial charge in [-0.2, -0.15) is 0 Å². The van der Waals surface area contributed by atoms with E-state index in [0.717, 1.165) is 58.9 Å². The van der Waals surface area contributed by atoms with E-state index in [9.17, 15) is 13.6 Å². The maximum absolute atomic E-state index is 13.8. The molecule has 1 N–H and O–H groups in total. The Morgan fingerprint density at radius 1 is 1.00 bits per heavy atom. The van der Waals surface area contributed by atoms with E-state index in [1.807, 2.05) is 53.9 Å². The maximum atomic E-state index is 13.8. The first-order valence-electron chi connectivity index (χ1n) is 12.5. The molecule has 0 fully saturated rings. The number of hydrogen-bond donors (Lipinski definition) is 1. The smallest absolute Gasteiger partial charge is 0.278 e. The Morgan fingerprint density at radius 2 is 1.84 bits per heavy atom. The molecular weight excluding hydrogens is 502 g/mol. The van der Waals surface area contributed by atoms with Crippen LogP contribution in [0.25, 0.3) is 21.9 Å². The van der Waals surface area contributed by atoms with Gasteiger partial charge in [0.2, 0.25) is 0 Å². The Bertz CT molecular complexity index is 1570. The summed E-state index contributed by atoms with van der Waals surface area (Å²) in [6.45, 7) is 2.19. The summed E-state index contributed by atoms with van der Waals surface area (Å²) in [6.07, 6.45) is 4.30. The third-order valence-electron chi connectivity index (χ3n) is 6.36. The molecule has 0 aliphatic heterocycles. The van der Waals surface area contributed by atoms with E-state index < -0.39 is 11.6 Å². The lowest BCUT2D eigenvalue weighted by Gasteiger charge is -2.19.